The fourth-order valence-electron chi connectivity index (χ4n) is 2.51. The van der Waals surface area contributed by atoms with Crippen molar-refractivity contribution in [2.45, 2.75) is 6.92 Å². The highest BCUT2D eigenvalue weighted by Gasteiger charge is 2.10. The number of carbonyl (C=O) groups is 3. The van der Waals surface area contributed by atoms with E-state index in [2.05, 4.69) is 16.2 Å². The Balaban J connectivity index is 1.52. The number of aryl methyl sites for hydroxylation is 1. The second-order valence-corrected chi connectivity index (χ2v) is 7.12. The standard InChI is InChI=1S/C22H19N3O3S/c1-15-5-2-3-7-19(15)22(28)23-17-10-8-16(9-11-17)21(27)25-24-20(26)13-12-18-6-4-14-29-18/h2-14H,1H3,(H,23,28)(H,24,26)(H,25,27)/b13-12+. The molecular weight excluding hydrogens is 386 g/mol. The van der Waals surface area contributed by atoms with E-state index in [9.17, 15) is 14.4 Å². The molecule has 3 N–H and O–H groups in total. The lowest BCUT2D eigenvalue weighted by Crippen LogP contribution is -2.40. The van der Waals surface area contributed by atoms with Gasteiger partial charge in [-0.15, -0.1) is 11.3 Å². The van der Waals surface area contributed by atoms with Gasteiger partial charge >= 0.3 is 0 Å². The number of rotatable bonds is 5. The van der Waals surface area contributed by atoms with Crippen LogP contribution in [0.15, 0.2) is 72.1 Å². The molecule has 0 aliphatic carbocycles. The van der Waals surface area contributed by atoms with Crippen LogP contribution in [0.1, 0.15) is 31.2 Å². The quantitative estimate of drug-likeness (QED) is 0.446. The summed E-state index contributed by atoms with van der Waals surface area (Å²) in [6.45, 7) is 1.87. The Bertz CT molecular complexity index is 1040. The maximum Gasteiger partial charge on any atom is 0.269 e. The summed E-state index contributed by atoms with van der Waals surface area (Å²) in [6, 6.07) is 17.5. The van der Waals surface area contributed by atoms with Crippen LogP contribution >= 0.6 is 11.3 Å². The van der Waals surface area contributed by atoms with E-state index in [1.165, 1.54) is 17.4 Å². The van der Waals surface area contributed by atoms with Crippen LogP contribution in [0.25, 0.3) is 6.08 Å². The van der Waals surface area contributed by atoms with E-state index < -0.39 is 11.8 Å². The highest BCUT2D eigenvalue weighted by atomic mass is 32.1. The summed E-state index contributed by atoms with van der Waals surface area (Å²) < 4.78 is 0. The minimum absolute atomic E-state index is 0.218. The highest BCUT2D eigenvalue weighted by molar-refractivity contribution is 7.10. The van der Waals surface area contributed by atoms with Gasteiger partial charge in [-0.2, -0.15) is 0 Å². The molecule has 0 aliphatic rings. The summed E-state index contributed by atoms with van der Waals surface area (Å²) in [5.41, 5.74) is 7.06. The molecule has 2 aromatic carbocycles. The largest absolute Gasteiger partial charge is 0.322 e. The zero-order chi connectivity index (χ0) is 20.6. The van der Waals surface area contributed by atoms with Crippen LogP contribution in [0, 0.1) is 6.92 Å². The number of benzene rings is 2. The van der Waals surface area contributed by atoms with Crippen LogP contribution < -0.4 is 16.2 Å². The maximum absolute atomic E-state index is 12.3. The molecule has 0 spiro atoms. The molecule has 1 heterocycles. The van der Waals surface area contributed by atoms with Gasteiger partial charge in [0.2, 0.25) is 0 Å². The zero-order valence-corrected chi connectivity index (χ0v) is 16.5. The van der Waals surface area contributed by atoms with Crippen molar-refractivity contribution in [3.05, 3.63) is 93.7 Å². The Labute approximate surface area is 172 Å². The molecule has 0 fully saturated rings. The summed E-state index contributed by atoms with van der Waals surface area (Å²) in [4.78, 5) is 37.2. The number of carbonyl (C=O) groups excluding carboxylic acids is 3. The molecule has 0 radical (unpaired) electrons. The second kappa shape index (κ2) is 9.48. The normalized spacial score (nSPS) is 10.5. The van der Waals surface area contributed by atoms with E-state index in [1.54, 1.807) is 42.5 Å². The molecule has 146 valence electrons. The number of hydrazine groups is 1. The van der Waals surface area contributed by atoms with Crippen molar-refractivity contribution >= 4 is 40.8 Å². The number of nitrogens with one attached hydrogen (secondary N) is 3. The van der Waals surface area contributed by atoms with E-state index in [0.717, 1.165) is 10.4 Å². The van der Waals surface area contributed by atoms with Crippen molar-refractivity contribution in [3.8, 4) is 0 Å². The molecule has 3 rings (SSSR count). The summed E-state index contributed by atoms with van der Waals surface area (Å²) in [5.74, 6) is -1.11. The molecule has 1 aromatic heterocycles. The van der Waals surface area contributed by atoms with Crippen molar-refractivity contribution in [1.82, 2.24) is 10.9 Å². The van der Waals surface area contributed by atoms with E-state index in [1.807, 2.05) is 36.6 Å². The molecule has 7 heteroatoms. The van der Waals surface area contributed by atoms with E-state index >= 15 is 0 Å². The lowest BCUT2D eigenvalue weighted by atomic mass is 10.1. The Morgan fingerprint density at radius 1 is 0.862 bits per heavy atom. The SMILES string of the molecule is Cc1ccccc1C(=O)Nc1ccc(C(=O)NNC(=O)/C=C/c2cccs2)cc1. The van der Waals surface area contributed by atoms with Crippen molar-refractivity contribution in [2.75, 3.05) is 5.32 Å². The van der Waals surface area contributed by atoms with Gasteiger partial charge in [0, 0.05) is 27.8 Å². The van der Waals surface area contributed by atoms with Gasteiger partial charge in [-0.25, -0.2) is 0 Å². The fraction of sp³-hybridized carbons (Fsp3) is 0.0455. The summed E-state index contributed by atoms with van der Waals surface area (Å²) in [6.07, 6.45) is 3.01. The van der Waals surface area contributed by atoms with Crippen LogP contribution in [-0.2, 0) is 4.79 Å². The van der Waals surface area contributed by atoms with Gasteiger partial charge in [0.25, 0.3) is 17.7 Å². The van der Waals surface area contributed by atoms with Crippen LogP contribution in [0.2, 0.25) is 0 Å². The van der Waals surface area contributed by atoms with Gasteiger partial charge in [0.05, 0.1) is 0 Å². The molecule has 0 saturated heterocycles. The Morgan fingerprint density at radius 2 is 1.62 bits per heavy atom. The lowest BCUT2D eigenvalue weighted by Gasteiger charge is -2.09. The van der Waals surface area contributed by atoms with E-state index in [-0.39, 0.29) is 5.91 Å². The van der Waals surface area contributed by atoms with Crippen molar-refractivity contribution in [3.63, 3.8) is 0 Å². The molecule has 6 nitrogen and oxygen atoms in total. The van der Waals surface area contributed by atoms with Crippen LogP contribution in [0.5, 0.6) is 0 Å². The Hall–Kier alpha value is -3.71. The molecular formula is C22H19N3O3S. The third-order valence-corrected chi connectivity index (χ3v) is 4.87. The first-order chi connectivity index (χ1) is 14.0. The molecule has 0 aliphatic heterocycles. The zero-order valence-electron chi connectivity index (χ0n) is 15.6. The first kappa shape index (κ1) is 20.0. The maximum atomic E-state index is 12.3. The summed E-state index contributed by atoms with van der Waals surface area (Å²) in [5, 5.41) is 4.71. The Kier molecular flexibility index (Phi) is 6.55. The van der Waals surface area contributed by atoms with Crippen LogP contribution in [-0.4, -0.2) is 17.7 Å². The molecule has 29 heavy (non-hydrogen) atoms. The lowest BCUT2D eigenvalue weighted by molar-refractivity contribution is -0.117. The molecule has 0 unspecified atom stereocenters. The van der Waals surface area contributed by atoms with E-state index in [0.29, 0.717) is 16.8 Å². The van der Waals surface area contributed by atoms with Gasteiger partial charge in [0.15, 0.2) is 0 Å². The first-order valence-corrected chi connectivity index (χ1v) is 9.70. The van der Waals surface area contributed by atoms with Crippen LogP contribution in [0.4, 0.5) is 5.69 Å². The predicted molar refractivity (Wildman–Crippen MR) is 115 cm³/mol. The number of hydrogen-bond donors (Lipinski definition) is 3. The number of hydrogen-bond acceptors (Lipinski definition) is 4. The summed E-state index contributed by atoms with van der Waals surface area (Å²) in [7, 11) is 0. The van der Waals surface area contributed by atoms with E-state index in [4.69, 9.17) is 0 Å². The van der Waals surface area contributed by atoms with Gasteiger partial charge in [-0.3, -0.25) is 25.2 Å². The fourth-order valence-corrected chi connectivity index (χ4v) is 3.13. The first-order valence-electron chi connectivity index (χ1n) is 8.82. The van der Waals surface area contributed by atoms with Gasteiger partial charge in [0.1, 0.15) is 0 Å². The van der Waals surface area contributed by atoms with Crippen molar-refractivity contribution in [2.24, 2.45) is 0 Å². The van der Waals surface area contributed by atoms with Gasteiger partial charge in [-0.05, 0) is 60.3 Å². The number of anilines is 1. The third kappa shape index (κ3) is 5.63. The predicted octanol–water partition coefficient (Wildman–Crippen LogP) is 3.78. The molecule has 0 atom stereocenters. The van der Waals surface area contributed by atoms with Crippen molar-refractivity contribution < 1.29 is 14.4 Å². The monoisotopic (exact) mass is 405 g/mol. The average Bonchev–Trinajstić information content (AvgIpc) is 3.25. The van der Waals surface area contributed by atoms with Crippen molar-refractivity contribution in [1.29, 1.82) is 0 Å². The second-order valence-electron chi connectivity index (χ2n) is 6.14. The topological polar surface area (TPSA) is 87.3 Å². The third-order valence-electron chi connectivity index (χ3n) is 4.04. The minimum Gasteiger partial charge on any atom is -0.322 e. The molecule has 0 saturated carbocycles. The number of amides is 3. The number of thiophene rings is 1. The van der Waals surface area contributed by atoms with Gasteiger partial charge < -0.3 is 5.32 Å². The highest BCUT2D eigenvalue weighted by Crippen LogP contribution is 2.13. The summed E-state index contributed by atoms with van der Waals surface area (Å²) >= 11 is 1.51. The Morgan fingerprint density at radius 3 is 2.31 bits per heavy atom. The van der Waals surface area contributed by atoms with Gasteiger partial charge in [-0.1, -0.05) is 24.3 Å². The molecule has 0 bridgehead atoms. The molecule has 3 amide bonds. The minimum atomic E-state index is -0.459. The molecule has 3 aromatic rings. The van der Waals surface area contributed by atoms with Crippen LogP contribution in [0.3, 0.4) is 0 Å². The average molecular weight is 405 g/mol. The smallest absolute Gasteiger partial charge is 0.269 e.